The molecule has 2 aliphatic rings. The third kappa shape index (κ3) is 11.5. The van der Waals surface area contributed by atoms with Gasteiger partial charge in [-0.2, -0.15) is 0 Å². The van der Waals surface area contributed by atoms with Gasteiger partial charge < -0.3 is 38.7 Å². The maximum absolute atomic E-state index is 12.9. The molecule has 6 heterocycles. The monoisotopic (exact) mass is 879 g/mol. The van der Waals surface area contributed by atoms with Crippen LogP contribution < -0.4 is 20.1 Å². The molecule has 2 atom stereocenters. The number of fused-ring (bicyclic) bond motifs is 2. The predicted molar refractivity (Wildman–Crippen MR) is 262 cm³/mol. The van der Waals surface area contributed by atoms with Crippen molar-refractivity contribution in [1.29, 1.82) is 0 Å². The van der Waals surface area contributed by atoms with Crippen LogP contribution in [0, 0.1) is 0 Å². The number of aromatic nitrogens is 4. The van der Waals surface area contributed by atoms with Crippen molar-refractivity contribution in [3.8, 4) is 34.0 Å². The van der Waals surface area contributed by atoms with Gasteiger partial charge in [0, 0.05) is 74.6 Å². The summed E-state index contributed by atoms with van der Waals surface area (Å²) < 4.78 is 15.1. The highest BCUT2D eigenvalue weighted by Crippen LogP contribution is 2.35. The highest BCUT2D eigenvalue weighted by atomic mass is 16.5. The highest BCUT2D eigenvalue weighted by Gasteiger charge is 2.30. The zero-order valence-electron chi connectivity index (χ0n) is 39.2. The number of amides is 4. The number of piperidine rings is 2. The van der Waals surface area contributed by atoms with E-state index in [1.807, 2.05) is 135 Å². The number of nitrogens with zero attached hydrogens (tertiary/aromatic N) is 6. The van der Waals surface area contributed by atoms with Crippen LogP contribution in [0.1, 0.15) is 89.4 Å². The summed E-state index contributed by atoms with van der Waals surface area (Å²) in [5.41, 5.74) is 7.18. The number of ether oxygens (including phenoxy) is 2. The first-order valence-corrected chi connectivity index (χ1v) is 23.3. The van der Waals surface area contributed by atoms with E-state index in [2.05, 4.69) is 56.1 Å². The van der Waals surface area contributed by atoms with E-state index in [0.717, 1.165) is 101 Å². The van der Waals surface area contributed by atoms with Gasteiger partial charge in [-0.15, -0.1) is 0 Å². The van der Waals surface area contributed by atoms with Crippen molar-refractivity contribution >= 4 is 23.1 Å². The van der Waals surface area contributed by atoms with Gasteiger partial charge in [-0.1, -0.05) is 94.4 Å². The maximum Gasteiger partial charge on any atom is 0.317 e. The van der Waals surface area contributed by atoms with E-state index < -0.39 is 0 Å². The normalized spacial score (nSPS) is 15.6. The average molecular weight is 879 g/mol. The number of urea groups is 2. The lowest BCUT2D eigenvalue weighted by atomic mass is 9.97. The van der Waals surface area contributed by atoms with E-state index in [0.29, 0.717) is 26.2 Å². The van der Waals surface area contributed by atoms with Crippen LogP contribution in [0.5, 0.6) is 11.5 Å². The summed E-state index contributed by atoms with van der Waals surface area (Å²) in [6.07, 6.45) is 8.11. The molecule has 3 aromatic carbocycles. The quantitative estimate of drug-likeness (QED) is 0.149. The van der Waals surface area contributed by atoms with E-state index >= 15 is 0 Å². The molecule has 0 bridgehead atoms. The van der Waals surface area contributed by atoms with Crippen LogP contribution in [-0.4, -0.2) is 87.6 Å². The number of nitrogens with one attached hydrogen (secondary N) is 2. The lowest BCUT2D eigenvalue weighted by molar-refractivity contribution is 0.177. The molecule has 0 spiro atoms. The summed E-state index contributed by atoms with van der Waals surface area (Å²) in [5.74, 6) is 4.04. The first-order valence-electron chi connectivity index (χ1n) is 23.3. The van der Waals surface area contributed by atoms with Crippen LogP contribution in [0.4, 0.5) is 9.59 Å². The van der Waals surface area contributed by atoms with E-state index in [1.54, 1.807) is 14.2 Å². The Morgan fingerprint density at radius 3 is 1.52 bits per heavy atom. The molecule has 2 N–H and O–H groups in total. The Labute approximate surface area is 384 Å². The molecule has 0 saturated carbocycles. The van der Waals surface area contributed by atoms with E-state index in [-0.39, 0.29) is 23.9 Å². The fraction of sp³-hybridized carbons (Fsp3) is 0.358. The third-order valence-corrected chi connectivity index (χ3v) is 11.6. The second-order valence-corrected chi connectivity index (χ2v) is 15.6. The first-order chi connectivity index (χ1) is 31.9. The number of hydrogen-bond acceptors (Lipinski definition) is 6. The number of benzene rings is 3. The Kier molecular flexibility index (Phi) is 17.4. The minimum atomic E-state index is -0.0163. The van der Waals surface area contributed by atoms with Gasteiger partial charge in [0.15, 0.2) is 0 Å². The smallest absolute Gasteiger partial charge is 0.317 e. The molecule has 4 aromatic heterocycles. The van der Waals surface area contributed by atoms with Crippen molar-refractivity contribution in [2.24, 2.45) is 0 Å². The summed E-state index contributed by atoms with van der Waals surface area (Å²) in [6, 6.07) is 38.3. The number of hydrogen-bond donors (Lipinski definition) is 2. The van der Waals surface area contributed by atoms with Crippen LogP contribution in [0.25, 0.3) is 33.5 Å². The Hall–Kier alpha value is -6.82. The topological polar surface area (TPSA) is 118 Å². The molecule has 65 heavy (non-hydrogen) atoms. The van der Waals surface area contributed by atoms with Crippen LogP contribution >= 0.6 is 0 Å². The number of imidazole rings is 2. The molecular weight excluding hydrogens is 813 g/mol. The largest absolute Gasteiger partial charge is 0.497 e. The Balaban J connectivity index is 0.000000203. The fourth-order valence-electron chi connectivity index (χ4n) is 8.56. The number of carbonyl (C=O) groups excluding carboxylic acids is 2. The van der Waals surface area contributed by atoms with Crippen molar-refractivity contribution in [3.05, 3.63) is 145 Å². The van der Waals surface area contributed by atoms with Gasteiger partial charge in [-0.3, -0.25) is 0 Å². The minimum absolute atomic E-state index is 0.0149. The molecule has 4 amide bonds. The molecule has 9 rings (SSSR count). The third-order valence-electron chi connectivity index (χ3n) is 11.6. The van der Waals surface area contributed by atoms with E-state index in [9.17, 15) is 9.59 Å². The van der Waals surface area contributed by atoms with Crippen LogP contribution in [0.15, 0.2) is 128 Å². The molecule has 2 unspecified atom stereocenters. The fourth-order valence-corrected chi connectivity index (χ4v) is 8.56. The molecule has 0 radical (unpaired) electrons. The van der Waals surface area contributed by atoms with Gasteiger partial charge in [-0.25, -0.2) is 19.6 Å². The van der Waals surface area contributed by atoms with Crippen LogP contribution in [0.2, 0.25) is 0 Å². The second kappa shape index (κ2) is 23.7. The summed E-state index contributed by atoms with van der Waals surface area (Å²) in [6.45, 7) is 14.0. The van der Waals surface area contributed by atoms with Crippen LogP contribution in [0.3, 0.4) is 0 Å². The predicted octanol–water partition coefficient (Wildman–Crippen LogP) is 11.1. The molecular formula is C53H66N8O4. The second-order valence-electron chi connectivity index (χ2n) is 15.6. The Morgan fingerprint density at radius 1 is 0.600 bits per heavy atom. The summed E-state index contributed by atoms with van der Waals surface area (Å²) >= 11 is 0. The number of rotatable bonds is 9. The molecule has 12 heteroatoms. The van der Waals surface area contributed by atoms with Gasteiger partial charge in [0.2, 0.25) is 0 Å². The summed E-state index contributed by atoms with van der Waals surface area (Å²) in [7, 11) is 3.35. The molecule has 2 aliphatic heterocycles. The molecule has 7 aromatic rings. The lowest BCUT2D eigenvalue weighted by Gasteiger charge is -2.32. The van der Waals surface area contributed by atoms with Crippen molar-refractivity contribution in [1.82, 2.24) is 39.2 Å². The van der Waals surface area contributed by atoms with Gasteiger partial charge >= 0.3 is 12.1 Å². The SMILES string of the molecule is CC.CC.CCNC(=O)N1CCCC(c2nc(-c3cccc(OC)c3)c3ccccn23)C1.COc1cccc(-c2nc(C3CCCN(C(=O)NCc4ccccc4)C3)n3ccccc23)c1. The Morgan fingerprint density at radius 2 is 1.06 bits per heavy atom. The minimum Gasteiger partial charge on any atom is -0.497 e. The van der Waals surface area contributed by atoms with Gasteiger partial charge in [0.1, 0.15) is 23.1 Å². The van der Waals surface area contributed by atoms with E-state index in [1.165, 1.54) is 0 Å². The molecule has 2 fully saturated rings. The molecule has 2 saturated heterocycles. The standard InChI is InChI=1S/C27H28N4O2.C22H26N4O2.2C2H6/c1-33-23-13-7-11-21(17-23)25-24-14-5-6-16-31(24)26(29-25)22-12-8-15-30(19-22)27(32)28-18-20-9-3-2-4-10-20;1-3-23-22(27)25-12-7-9-17(15-25)21-24-20(19-11-4-5-13-26(19)21)16-8-6-10-18(14-16)28-2;2*1-2/h2-7,9-11,13-14,16-17,22H,8,12,15,18-19H2,1H3,(H,28,32);4-6,8,10-11,13-14,17H,3,7,9,12,15H2,1-2H3,(H,23,27);2*1-2H3. The summed E-state index contributed by atoms with van der Waals surface area (Å²) in [4.78, 5) is 39.2. The van der Waals surface area contributed by atoms with Crippen LogP contribution in [-0.2, 0) is 6.54 Å². The van der Waals surface area contributed by atoms with Crippen molar-refractivity contribution < 1.29 is 19.1 Å². The molecule has 342 valence electrons. The number of pyridine rings is 2. The van der Waals surface area contributed by atoms with Gasteiger partial charge in [-0.05, 0) is 86.7 Å². The lowest BCUT2D eigenvalue weighted by Crippen LogP contribution is -2.45. The summed E-state index contributed by atoms with van der Waals surface area (Å²) in [5, 5.41) is 5.98. The molecule has 12 nitrogen and oxygen atoms in total. The average Bonchev–Trinajstić information content (AvgIpc) is 3.97. The Bertz CT molecular complexity index is 2590. The number of likely N-dealkylation sites (tertiary alicyclic amines) is 2. The number of methoxy groups -OCH3 is 2. The van der Waals surface area contributed by atoms with Gasteiger partial charge in [0.25, 0.3) is 0 Å². The zero-order chi connectivity index (χ0) is 46.1. The number of carbonyl (C=O) groups is 2. The molecule has 0 aliphatic carbocycles. The van der Waals surface area contributed by atoms with Crippen molar-refractivity contribution in [2.75, 3.05) is 46.9 Å². The highest BCUT2D eigenvalue weighted by molar-refractivity contribution is 5.80. The van der Waals surface area contributed by atoms with Gasteiger partial charge in [0.05, 0.1) is 36.6 Å². The van der Waals surface area contributed by atoms with Crippen molar-refractivity contribution in [2.45, 2.75) is 78.7 Å². The van der Waals surface area contributed by atoms with Crippen molar-refractivity contribution in [3.63, 3.8) is 0 Å². The maximum atomic E-state index is 12.9. The zero-order valence-corrected chi connectivity index (χ0v) is 39.2. The first kappa shape index (κ1) is 47.7. The van der Waals surface area contributed by atoms with E-state index in [4.69, 9.17) is 19.4 Å².